The van der Waals surface area contributed by atoms with Crippen LogP contribution in [-0.2, 0) is 0 Å². The van der Waals surface area contributed by atoms with Gasteiger partial charge in [0, 0.05) is 26.2 Å². The average Bonchev–Trinajstić information content (AvgIpc) is 2.46. The molecule has 0 aliphatic carbocycles. The van der Waals surface area contributed by atoms with Gasteiger partial charge in [-0.3, -0.25) is 0 Å². The van der Waals surface area contributed by atoms with E-state index in [9.17, 15) is 0 Å². The molecular weight excluding hydrogens is 366 g/mol. The summed E-state index contributed by atoms with van der Waals surface area (Å²) in [5.74, 6) is 0.543. The number of halogens is 2. The summed E-state index contributed by atoms with van der Waals surface area (Å²) in [6.45, 7) is 4.48. The van der Waals surface area contributed by atoms with Gasteiger partial charge in [-0.05, 0) is 45.5 Å². The first-order valence-electron chi connectivity index (χ1n) is 6.43. The van der Waals surface area contributed by atoms with Crippen LogP contribution in [0.1, 0.15) is 31.7 Å². The third-order valence-electron chi connectivity index (χ3n) is 3.48. The molecule has 0 aromatic heterocycles. The summed E-state index contributed by atoms with van der Waals surface area (Å²) in [4.78, 5) is 0. The van der Waals surface area contributed by atoms with Gasteiger partial charge in [0.25, 0.3) is 0 Å². The molecule has 0 bridgehead atoms. The number of rotatable bonds is 4. The van der Waals surface area contributed by atoms with Gasteiger partial charge >= 0.3 is 0 Å². The van der Waals surface area contributed by atoms with Crippen molar-refractivity contribution >= 4 is 37.8 Å². The molecule has 1 N–H and O–H groups in total. The van der Waals surface area contributed by atoms with Crippen LogP contribution in [-0.4, -0.2) is 0 Å². The van der Waals surface area contributed by atoms with Gasteiger partial charge in [-0.2, -0.15) is 0 Å². The van der Waals surface area contributed by atoms with E-state index in [0.717, 1.165) is 12.1 Å². The highest BCUT2D eigenvalue weighted by molar-refractivity contribution is 9.10. The third kappa shape index (κ3) is 3.03. The van der Waals surface area contributed by atoms with Crippen molar-refractivity contribution in [3.8, 4) is 11.1 Å². The van der Waals surface area contributed by atoms with E-state index in [0.29, 0.717) is 5.92 Å². The first-order chi connectivity index (χ1) is 9.19. The molecule has 1 nitrogen and oxygen atoms in total. The Bertz CT molecular complexity index is 552. The van der Waals surface area contributed by atoms with Crippen molar-refractivity contribution in [2.24, 2.45) is 0 Å². The van der Waals surface area contributed by atoms with Gasteiger partial charge in [-0.15, -0.1) is 0 Å². The molecule has 1 unspecified atom stereocenters. The standard InChI is InChI=1S/C16H17Br2N/c1-3-11(2)13-9-10-14(19-18)15(16(13)17)12-7-5-4-6-8-12/h4-11,19H,3H2,1-2H3. The number of hydrogen-bond acceptors (Lipinski definition) is 1. The van der Waals surface area contributed by atoms with Gasteiger partial charge in [-0.1, -0.05) is 50.2 Å². The Hall–Kier alpha value is -0.800. The van der Waals surface area contributed by atoms with E-state index in [1.165, 1.54) is 21.2 Å². The second kappa shape index (κ2) is 6.58. The maximum Gasteiger partial charge on any atom is 0.0531 e. The molecule has 2 aromatic rings. The molecule has 3 heteroatoms. The van der Waals surface area contributed by atoms with Crippen LogP contribution < -0.4 is 4.34 Å². The summed E-state index contributed by atoms with van der Waals surface area (Å²) in [5, 5.41) is 0. The van der Waals surface area contributed by atoms with Crippen LogP contribution >= 0.6 is 32.1 Å². The van der Waals surface area contributed by atoms with Crippen molar-refractivity contribution in [3.63, 3.8) is 0 Å². The smallest absolute Gasteiger partial charge is 0.0531 e. The normalized spacial score (nSPS) is 12.2. The van der Waals surface area contributed by atoms with Crippen LogP contribution in [0.3, 0.4) is 0 Å². The SMILES string of the molecule is CCC(C)c1ccc(NBr)c(-c2ccccc2)c1Br. The van der Waals surface area contributed by atoms with Crippen molar-refractivity contribution in [2.75, 3.05) is 4.34 Å². The van der Waals surface area contributed by atoms with Crippen LogP contribution in [0.4, 0.5) is 5.69 Å². The van der Waals surface area contributed by atoms with Crippen LogP contribution in [0.2, 0.25) is 0 Å². The number of hydrogen-bond donors (Lipinski definition) is 1. The van der Waals surface area contributed by atoms with Gasteiger partial charge in [0.1, 0.15) is 0 Å². The Balaban J connectivity index is 2.63. The lowest BCUT2D eigenvalue weighted by molar-refractivity contribution is 0.730. The predicted octanol–water partition coefficient (Wildman–Crippen LogP) is 6.35. The molecule has 0 fully saturated rings. The first-order valence-corrected chi connectivity index (χ1v) is 8.02. The van der Waals surface area contributed by atoms with Crippen molar-refractivity contribution in [3.05, 3.63) is 52.5 Å². The predicted molar refractivity (Wildman–Crippen MR) is 90.8 cm³/mol. The van der Waals surface area contributed by atoms with Gasteiger partial charge in [-0.25, -0.2) is 0 Å². The van der Waals surface area contributed by atoms with E-state index in [1.807, 2.05) is 6.07 Å². The van der Waals surface area contributed by atoms with Crippen LogP contribution in [0.25, 0.3) is 11.1 Å². The largest absolute Gasteiger partial charge is 0.322 e. The van der Waals surface area contributed by atoms with Crippen molar-refractivity contribution in [2.45, 2.75) is 26.2 Å². The van der Waals surface area contributed by atoms with E-state index >= 15 is 0 Å². The van der Waals surface area contributed by atoms with Gasteiger partial charge in [0.15, 0.2) is 0 Å². The fourth-order valence-corrected chi connectivity index (χ4v) is 3.45. The molecular formula is C16H17Br2N. The lowest BCUT2D eigenvalue weighted by atomic mass is 9.93. The van der Waals surface area contributed by atoms with E-state index in [1.54, 1.807) is 0 Å². The fourth-order valence-electron chi connectivity index (χ4n) is 2.16. The quantitative estimate of drug-likeness (QED) is 0.607. The Morgan fingerprint density at radius 3 is 2.37 bits per heavy atom. The second-order valence-electron chi connectivity index (χ2n) is 4.66. The molecule has 19 heavy (non-hydrogen) atoms. The number of benzene rings is 2. The lowest BCUT2D eigenvalue weighted by Crippen LogP contribution is -1.97. The van der Waals surface area contributed by atoms with Gasteiger partial charge < -0.3 is 4.34 Å². The van der Waals surface area contributed by atoms with Crippen LogP contribution in [0.5, 0.6) is 0 Å². The molecule has 0 radical (unpaired) electrons. The molecule has 0 heterocycles. The Morgan fingerprint density at radius 1 is 1.11 bits per heavy atom. The minimum Gasteiger partial charge on any atom is -0.322 e. The Kier molecular flexibility index (Phi) is 5.06. The topological polar surface area (TPSA) is 12.0 Å². The minimum absolute atomic E-state index is 0.543. The van der Waals surface area contributed by atoms with Crippen LogP contribution in [0.15, 0.2) is 46.9 Å². The molecule has 1 atom stereocenters. The highest BCUT2D eigenvalue weighted by atomic mass is 79.9. The molecule has 0 saturated carbocycles. The first kappa shape index (κ1) is 14.6. The average molecular weight is 383 g/mol. The van der Waals surface area contributed by atoms with Gasteiger partial charge in [0.05, 0.1) is 5.69 Å². The molecule has 0 aliphatic heterocycles. The van der Waals surface area contributed by atoms with E-state index in [4.69, 9.17) is 0 Å². The maximum atomic E-state index is 3.79. The van der Waals surface area contributed by atoms with E-state index in [2.05, 4.69) is 86.7 Å². The van der Waals surface area contributed by atoms with Crippen molar-refractivity contribution < 1.29 is 0 Å². The monoisotopic (exact) mass is 381 g/mol. The van der Waals surface area contributed by atoms with Crippen molar-refractivity contribution in [1.29, 1.82) is 0 Å². The summed E-state index contributed by atoms with van der Waals surface area (Å²) < 4.78 is 4.28. The summed E-state index contributed by atoms with van der Waals surface area (Å²) in [5.41, 5.74) is 4.84. The summed E-state index contributed by atoms with van der Waals surface area (Å²) >= 11 is 7.14. The fraction of sp³-hybridized carbons (Fsp3) is 0.250. The molecule has 100 valence electrons. The third-order valence-corrected chi connectivity index (χ3v) is 4.76. The zero-order valence-corrected chi connectivity index (χ0v) is 14.3. The number of anilines is 1. The highest BCUT2D eigenvalue weighted by Crippen LogP contribution is 2.40. The zero-order chi connectivity index (χ0) is 13.8. The molecule has 2 rings (SSSR count). The van der Waals surface area contributed by atoms with Crippen molar-refractivity contribution in [1.82, 2.24) is 0 Å². The molecule has 0 spiro atoms. The maximum absolute atomic E-state index is 3.79. The summed E-state index contributed by atoms with van der Waals surface area (Å²) in [6, 6.07) is 14.8. The Morgan fingerprint density at radius 2 is 1.79 bits per heavy atom. The number of nitrogens with one attached hydrogen (secondary N) is 1. The highest BCUT2D eigenvalue weighted by Gasteiger charge is 2.15. The van der Waals surface area contributed by atoms with E-state index in [-0.39, 0.29) is 0 Å². The molecule has 2 aromatic carbocycles. The van der Waals surface area contributed by atoms with Gasteiger partial charge in [0.2, 0.25) is 0 Å². The second-order valence-corrected chi connectivity index (χ2v) is 5.85. The lowest BCUT2D eigenvalue weighted by Gasteiger charge is -2.18. The molecule has 0 amide bonds. The van der Waals surface area contributed by atoms with Crippen LogP contribution in [0, 0.1) is 0 Å². The summed E-state index contributed by atoms with van der Waals surface area (Å²) in [6.07, 6.45) is 1.13. The molecule has 0 saturated heterocycles. The zero-order valence-electron chi connectivity index (χ0n) is 11.1. The van der Waals surface area contributed by atoms with E-state index < -0.39 is 0 Å². The molecule has 0 aliphatic rings. The Labute approximate surface area is 131 Å². The minimum atomic E-state index is 0.543. The summed E-state index contributed by atoms with van der Waals surface area (Å²) in [7, 11) is 0.